The first-order chi connectivity index (χ1) is 7.49. The maximum absolute atomic E-state index is 11.9. The molecule has 0 aromatic heterocycles. The monoisotopic (exact) mass is 230 g/mol. The highest BCUT2D eigenvalue weighted by Crippen LogP contribution is 2.19. The third-order valence-corrected chi connectivity index (χ3v) is 2.81. The van der Waals surface area contributed by atoms with Gasteiger partial charge in [-0.05, 0) is 19.8 Å². The van der Waals surface area contributed by atoms with Gasteiger partial charge in [-0.25, -0.2) is 4.79 Å². The molecule has 16 heavy (non-hydrogen) atoms. The average molecular weight is 230 g/mol. The molecule has 3 atom stereocenters. The normalized spacial score (nSPS) is 24.0. The number of esters is 1. The summed E-state index contributed by atoms with van der Waals surface area (Å²) in [5.41, 5.74) is 5.55. The highest BCUT2D eigenvalue weighted by atomic mass is 16.5. The quantitative estimate of drug-likeness (QED) is 0.598. The van der Waals surface area contributed by atoms with Crippen LogP contribution in [0.3, 0.4) is 0 Å². The Morgan fingerprint density at radius 2 is 2.19 bits per heavy atom. The van der Waals surface area contributed by atoms with Gasteiger partial charge in [0.1, 0.15) is 12.1 Å². The minimum atomic E-state index is -0.981. The standard InChI is InChI=1S/C10H18N2O4/c1-6(13)8(11)9(14)12-5-3-4-7(12)10(15)16-2/h6-8,13H,3-5,11H2,1-2H3/t6-,7+,8+/m1/s1. The fourth-order valence-corrected chi connectivity index (χ4v) is 1.81. The molecule has 0 unspecified atom stereocenters. The Morgan fingerprint density at radius 1 is 1.56 bits per heavy atom. The second-order valence-electron chi connectivity index (χ2n) is 3.98. The Hall–Kier alpha value is -1.14. The summed E-state index contributed by atoms with van der Waals surface area (Å²) < 4.78 is 4.62. The molecule has 0 spiro atoms. The molecule has 92 valence electrons. The number of hydrogen-bond donors (Lipinski definition) is 2. The van der Waals surface area contributed by atoms with Gasteiger partial charge in [-0.2, -0.15) is 0 Å². The van der Waals surface area contributed by atoms with Crippen LogP contribution >= 0.6 is 0 Å². The molecule has 6 nitrogen and oxygen atoms in total. The van der Waals surface area contributed by atoms with Crippen molar-refractivity contribution >= 4 is 11.9 Å². The fourth-order valence-electron chi connectivity index (χ4n) is 1.81. The van der Waals surface area contributed by atoms with Crippen molar-refractivity contribution in [2.45, 2.75) is 38.0 Å². The van der Waals surface area contributed by atoms with E-state index in [9.17, 15) is 14.7 Å². The van der Waals surface area contributed by atoms with E-state index in [-0.39, 0.29) is 0 Å². The molecule has 1 amide bonds. The van der Waals surface area contributed by atoms with Crippen molar-refractivity contribution < 1.29 is 19.4 Å². The van der Waals surface area contributed by atoms with E-state index < -0.39 is 30.1 Å². The highest BCUT2D eigenvalue weighted by molar-refractivity contribution is 5.88. The van der Waals surface area contributed by atoms with Gasteiger partial charge in [0.2, 0.25) is 5.91 Å². The summed E-state index contributed by atoms with van der Waals surface area (Å²) in [6.45, 7) is 1.94. The molecule has 1 aliphatic rings. The summed E-state index contributed by atoms with van der Waals surface area (Å²) in [6, 6.07) is -1.53. The van der Waals surface area contributed by atoms with Gasteiger partial charge in [0.25, 0.3) is 0 Å². The Kier molecular flexibility index (Phi) is 4.26. The van der Waals surface area contributed by atoms with Crippen molar-refractivity contribution in [1.29, 1.82) is 0 Å². The second-order valence-corrected chi connectivity index (χ2v) is 3.98. The van der Waals surface area contributed by atoms with Gasteiger partial charge in [0.15, 0.2) is 0 Å². The number of ether oxygens (including phenoxy) is 1. The summed E-state index contributed by atoms with van der Waals surface area (Å²) in [4.78, 5) is 24.6. The molecule has 0 saturated carbocycles. The zero-order valence-electron chi connectivity index (χ0n) is 9.55. The van der Waals surface area contributed by atoms with Crippen molar-refractivity contribution in [3.05, 3.63) is 0 Å². The van der Waals surface area contributed by atoms with Crippen LogP contribution in [0.25, 0.3) is 0 Å². The van der Waals surface area contributed by atoms with Crippen LogP contribution in [-0.2, 0) is 14.3 Å². The number of hydrogen-bond acceptors (Lipinski definition) is 5. The molecule has 0 aromatic carbocycles. The van der Waals surface area contributed by atoms with Crippen LogP contribution in [-0.4, -0.2) is 53.7 Å². The van der Waals surface area contributed by atoms with Crippen LogP contribution in [0.2, 0.25) is 0 Å². The number of amides is 1. The van der Waals surface area contributed by atoms with E-state index >= 15 is 0 Å². The fraction of sp³-hybridized carbons (Fsp3) is 0.800. The van der Waals surface area contributed by atoms with E-state index in [0.29, 0.717) is 13.0 Å². The number of nitrogens with zero attached hydrogens (tertiary/aromatic N) is 1. The molecule has 0 aliphatic carbocycles. The summed E-state index contributed by atoms with van der Waals surface area (Å²) >= 11 is 0. The smallest absolute Gasteiger partial charge is 0.328 e. The van der Waals surface area contributed by atoms with Gasteiger partial charge in [-0.15, -0.1) is 0 Å². The largest absolute Gasteiger partial charge is 0.467 e. The van der Waals surface area contributed by atoms with Crippen LogP contribution in [0.4, 0.5) is 0 Å². The summed E-state index contributed by atoms with van der Waals surface area (Å²) in [5.74, 6) is -0.827. The predicted molar refractivity (Wildman–Crippen MR) is 56.4 cm³/mol. The maximum atomic E-state index is 11.9. The number of rotatable bonds is 3. The molecule has 1 saturated heterocycles. The Morgan fingerprint density at radius 3 is 2.69 bits per heavy atom. The van der Waals surface area contributed by atoms with Crippen LogP contribution in [0.15, 0.2) is 0 Å². The SMILES string of the molecule is COC(=O)[C@@H]1CCCN1C(=O)[C@@H](N)[C@@H](C)O. The lowest BCUT2D eigenvalue weighted by atomic mass is 10.1. The number of likely N-dealkylation sites (tertiary alicyclic amines) is 1. The topological polar surface area (TPSA) is 92.9 Å². The van der Waals surface area contributed by atoms with Crippen LogP contribution in [0.1, 0.15) is 19.8 Å². The molecule has 0 bridgehead atoms. The molecule has 1 heterocycles. The number of aliphatic hydroxyl groups excluding tert-OH is 1. The average Bonchev–Trinajstić information content (AvgIpc) is 2.74. The number of carbonyl (C=O) groups excluding carboxylic acids is 2. The lowest BCUT2D eigenvalue weighted by molar-refractivity contribution is -0.152. The maximum Gasteiger partial charge on any atom is 0.328 e. The molecule has 1 aliphatic heterocycles. The molecule has 1 rings (SSSR count). The Balaban J connectivity index is 2.71. The van der Waals surface area contributed by atoms with Crippen LogP contribution in [0, 0.1) is 0 Å². The van der Waals surface area contributed by atoms with Gasteiger partial charge in [0, 0.05) is 6.54 Å². The first-order valence-corrected chi connectivity index (χ1v) is 5.31. The third kappa shape index (κ3) is 2.51. The first-order valence-electron chi connectivity index (χ1n) is 5.31. The highest BCUT2D eigenvalue weighted by Gasteiger charge is 2.37. The van der Waals surface area contributed by atoms with E-state index in [1.807, 2.05) is 0 Å². The van der Waals surface area contributed by atoms with Gasteiger partial charge < -0.3 is 20.5 Å². The lowest BCUT2D eigenvalue weighted by Crippen LogP contribution is -2.52. The molecule has 6 heteroatoms. The van der Waals surface area contributed by atoms with Crippen molar-refractivity contribution in [3.63, 3.8) is 0 Å². The second kappa shape index (κ2) is 5.27. The Bertz CT molecular complexity index is 280. The van der Waals surface area contributed by atoms with Crippen molar-refractivity contribution in [1.82, 2.24) is 4.90 Å². The minimum Gasteiger partial charge on any atom is -0.467 e. The van der Waals surface area contributed by atoms with E-state index in [2.05, 4.69) is 4.74 Å². The van der Waals surface area contributed by atoms with Gasteiger partial charge in [-0.1, -0.05) is 0 Å². The van der Waals surface area contributed by atoms with E-state index in [1.54, 1.807) is 0 Å². The van der Waals surface area contributed by atoms with Gasteiger partial charge in [0.05, 0.1) is 13.2 Å². The zero-order valence-corrected chi connectivity index (χ0v) is 9.55. The van der Waals surface area contributed by atoms with Gasteiger partial charge >= 0.3 is 5.97 Å². The van der Waals surface area contributed by atoms with Crippen LogP contribution in [0.5, 0.6) is 0 Å². The molecular weight excluding hydrogens is 212 g/mol. The summed E-state index contributed by atoms with van der Waals surface area (Å²) in [5, 5.41) is 9.25. The third-order valence-electron chi connectivity index (χ3n) is 2.81. The van der Waals surface area contributed by atoms with E-state index in [1.165, 1.54) is 18.9 Å². The molecule has 0 radical (unpaired) electrons. The summed E-state index contributed by atoms with van der Waals surface area (Å²) in [6.07, 6.45) is 0.412. The van der Waals surface area contributed by atoms with E-state index in [0.717, 1.165) is 6.42 Å². The summed E-state index contributed by atoms with van der Waals surface area (Å²) in [7, 11) is 1.29. The minimum absolute atomic E-state index is 0.400. The molecule has 3 N–H and O–H groups in total. The number of carbonyl (C=O) groups is 2. The number of aliphatic hydroxyl groups is 1. The van der Waals surface area contributed by atoms with Crippen molar-refractivity contribution in [2.75, 3.05) is 13.7 Å². The number of methoxy groups -OCH3 is 1. The Labute approximate surface area is 94.3 Å². The van der Waals surface area contributed by atoms with Crippen molar-refractivity contribution in [3.8, 4) is 0 Å². The van der Waals surface area contributed by atoms with Crippen molar-refractivity contribution in [2.24, 2.45) is 5.73 Å². The molecule has 1 fully saturated rings. The molecular formula is C10H18N2O4. The molecule has 0 aromatic rings. The first kappa shape index (κ1) is 12.9. The number of nitrogens with two attached hydrogens (primary N) is 1. The zero-order chi connectivity index (χ0) is 12.3. The van der Waals surface area contributed by atoms with E-state index in [4.69, 9.17) is 5.73 Å². The van der Waals surface area contributed by atoms with Gasteiger partial charge in [-0.3, -0.25) is 4.79 Å². The van der Waals surface area contributed by atoms with Crippen LogP contribution < -0.4 is 5.73 Å². The predicted octanol–water partition coefficient (Wildman–Crippen LogP) is -1.14. The lowest BCUT2D eigenvalue weighted by Gasteiger charge is -2.26.